The third kappa shape index (κ3) is 1.16. The van der Waals surface area contributed by atoms with Gasteiger partial charge in [0, 0.05) is 6.42 Å². The van der Waals surface area contributed by atoms with Gasteiger partial charge in [0.1, 0.15) is 11.4 Å². The van der Waals surface area contributed by atoms with Crippen LogP contribution in [0.25, 0.3) is 0 Å². The van der Waals surface area contributed by atoms with Crippen LogP contribution in [0, 0.1) is 0 Å². The predicted molar refractivity (Wildman–Crippen MR) is 44.0 cm³/mol. The molecule has 0 aliphatic carbocycles. The van der Waals surface area contributed by atoms with E-state index in [4.69, 9.17) is 5.73 Å². The fraction of sp³-hybridized carbons (Fsp3) is 0.286. The highest BCUT2D eigenvalue weighted by Gasteiger charge is 2.21. The zero-order chi connectivity index (χ0) is 9.42. The van der Waals surface area contributed by atoms with Gasteiger partial charge in [0.05, 0.1) is 12.7 Å². The van der Waals surface area contributed by atoms with Gasteiger partial charge in [0.15, 0.2) is 0 Å². The van der Waals surface area contributed by atoms with Crippen LogP contribution in [0.2, 0.25) is 0 Å². The van der Waals surface area contributed by atoms with Crippen LogP contribution < -0.4 is 11.1 Å². The number of nitrogens with zero attached hydrogens (tertiary/aromatic N) is 2. The minimum absolute atomic E-state index is 0.115. The molecular formula is C7H8N4O2. The summed E-state index contributed by atoms with van der Waals surface area (Å²) in [7, 11) is 0. The Bertz CT molecular complexity index is 382. The maximum absolute atomic E-state index is 11.0. The SMILES string of the molecule is NC(=O)c1cnn2c1NC(=O)CC2. The number of carbonyl (C=O) groups excluding carboxylic acids is 2. The lowest BCUT2D eigenvalue weighted by atomic mass is 10.2. The van der Waals surface area contributed by atoms with Crippen LogP contribution in [0.15, 0.2) is 6.20 Å². The van der Waals surface area contributed by atoms with E-state index in [2.05, 4.69) is 10.4 Å². The summed E-state index contributed by atoms with van der Waals surface area (Å²) in [5.74, 6) is -0.289. The second-order valence-corrected chi connectivity index (χ2v) is 2.79. The van der Waals surface area contributed by atoms with E-state index in [1.807, 2.05) is 0 Å². The molecule has 13 heavy (non-hydrogen) atoms. The zero-order valence-electron chi connectivity index (χ0n) is 6.78. The average Bonchev–Trinajstić information content (AvgIpc) is 2.46. The molecule has 0 spiro atoms. The fourth-order valence-corrected chi connectivity index (χ4v) is 1.27. The first-order valence-corrected chi connectivity index (χ1v) is 3.84. The molecule has 6 heteroatoms. The van der Waals surface area contributed by atoms with Crippen LogP contribution in [0.4, 0.5) is 5.82 Å². The molecule has 0 saturated heterocycles. The fourth-order valence-electron chi connectivity index (χ4n) is 1.27. The summed E-state index contributed by atoms with van der Waals surface area (Å²) in [4.78, 5) is 21.9. The standard InChI is InChI=1S/C7H8N4O2/c8-6(13)4-3-9-11-2-1-5(12)10-7(4)11/h3H,1-2H2,(H2,8,13)(H,10,12). The third-order valence-corrected chi connectivity index (χ3v) is 1.91. The maximum atomic E-state index is 11.0. The number of carbonyl (C=O) groups is 2. The molecule has 0 saturated carbocycles. The van der Waals surface area contributed by atoms with E-state index >= 15 is 0 Å². The lowest BCUT2D eigenvalue weighted by Crippen LogP contribution is -2.25. The summed E-state index contributed by atoms with van der Waals surface area (Å²) in [6.45, 7) is 0.494. The molecule has 2 rings (SSSR count). The highest BCUT2D eigenvalue weighted by atomic mass is 16.2. The minimum Gasteiger partial charge on any atom is -0.365 e. The maximum Gasteiger partial charge on any atom is 0.254 e. The molecule has 68 valence electrons. The van der Waals surface area contributed by atoms with Gasteiger partial charge >= 0.3 is 0 Å². The van der Waals surface area contributed by atoms with E-state index in [1.54, 1.807) is 4.68 Å². The van der Waals surface area contributed by atoms with Gasteiger partial charge < -0.3 is 11.1 Å². The number of nitrogens with two attached hydrogens (primary N) is 1. The Kier molecular flexibility index (Phi) is 1.54. The number of anilines is 1. The molecule has 6 nitrogen and oxygen atoms in total. The van der Waals surface area contributed by atoms with Gasteiger partial charge in [-0.1, -0.05) is 0 Å². The third-order valence-electron chi connectivity index (χ3n) is 1.91. The van der Waals surface area contributed by atoms with Crippen molar-refractivity contribution in [1.29, 1.82) is 0 Å². The second kappa shape index (κ2) is 2.58. The van der Waals surface area contributed by atoms with Crippen molar-refractivity contribution in [3.63, 3.8) is 0 Å². The molecule has 0 atom stereocenters. The van der Waals surface area contributed by atoms with E-state index in [0.29, 0.717) is 18.8 Å². The molecule has 0 aromatic carbocycles. The topological polar surface area (TPSA) is 90.0 Å². The molecule has 0 unspecified atom stereocenters. The summed E-state index contributed by atoms with van der Waals surface area (Å²) in [6.07, 6.45) is 1.75. The van der Waals surface area contributed by atoms with Crippen molar-refractivity contribution in [2.24, 2.45) is 5.73 Å². The molecule has 0 bridgehead atoms. The van der Waals surface area contributed by atoms with Crippen molar-refractivity contribution in [3.05, 3.63) is 11.8 Å². The van der Waals surface area contributed by atoms with Crippen molar-refractivity contribution in [2.45, 2.75) is 13.0 Å². The van der Waals surface area contributed by atoms with Crippen LogP contribution in [-0.2, 0) is 11.3 Å². The summed E-state index contributed by atoms with van der Waals surface area (Å²) in [5, 5.41) is 6.46. The Hall–Kier alpha value is -1.85. The van der Waals surface area contributed by atoms with Gasteiger partial charge in [-0.05, 0) is 0 Å². The summed E-state index contributed by atoms with van der Waals surface area (Å²) in [5.41, 5.74) is 5.34. The predicted octanol–water partition coefficient (Wildman–Crippen LogP) is -0.676. The molecule has 3 N–H and O–H groups in total. The van der Waals surface area contributed by atoms with Gasteiger partial charge in [0.25, 0.3) is 5.91 Å². The monoisotopic (exact) mass is 180 g/mol. The highest BCUT2D eigenvalue weighted by Crippen LogP contribution is 2.18. The van der Waals surface area contributed by atoms with Crippen molar-refractivity contribution in [3.8, 4) is 0 Å². The highest BCUT2D eigenvalue weighted by molar-refractivity contribution is 6.02. The lowest BCUT2D eigenvalue weighted by Gasteiger charge is -2.14. The molecule has 1 aliphatic rings. The molecule has 1 aliphatic heterocycles. The van der Waals surface area contributed by atoms with Crippen LogP contribution in [0.5, 0.6) is 0 Å². The number of amides is 2. The van der Waals surface area contributed by atoms with Gasteiger partial charge in [-0.25, -0.2) is 4.68 Å². The molecule has 0 fully saturated rings. The number of aromatic nitrogens is 2. The van der Waals surface area contributed by atoms with Crippen molar-refractivity contribution >= 4 is 17.6 Å². The number of rotatable bonds is 1. The van der Waals surface area contributed by atoms with Crippen LogP contribution in [0.1, 0.15) is 16.8 Å². The van der Waals surface area contributed by atoms with E-state index in [1.165, 1.54) is 6.20 Å². The Morgan fingerprint density at radius 1 is 1.69 bits per heavy atom. The van der Waals surface area contributed by atoms with Gasteiger partial charge in [0.2, 0.25) is 5.91 Å². The average molecular weight is 180 g/mol. The van der Waals surface area contributed by atoms with E-state index in [0.717, 1.165) is 0 Å². The van der Waals surface area contributed by atoms with Crippen LogP contribution in [0.3, 0.4) is 0 Å². The smallest absolute Gasteiger partial charge is 0.254 e. The summed E-state index contributed by atoms with van der Waals surface area (Å²) in [6, 6.07) is 0. The minimum atomic E-state index is -0.580. The molecule has 1 aromatic heterocycles. The number of fused-ring (bicyclic) bond motifs is 1. The first-order valence-electron chi connectivity index (χ1n) is 3.84. The number of hydrogen-bond acceptors (Lipinski definition) is 3. The first kappa shape index (κ1) is 7.78. The quantitative estimate of drug-likeness (QED) is 0.600. The largest absolute Gasteiger partial charge is 0.365 e. The molecule has 2 heterocycles. The Labute approximate surface area is 73.7 Å². The Morgan fingerprint density at radius 3 is 3.15 bits per heavy atom. The Balaban J connectivity index is 2.46. The Morgan fingerprint density at radius 2 is 2.46 bits per heavy atom. The van der Waals surface area contributed by atoms with E-state index in [-0.39, 0.29) is 11.5 Å². The van der Waals surface area contributed by atoms with Gasteiger partial charge in [-0.15, -0.1) is 0 Å². The molecular weight excluding hydrogens is 172 g/mol. The summed E-state index contributed by atoms with van der Waals surface area (Å²) >= 11 is 0. The lowest BCUT2D eigenvalue weighted by molar-refractivity contribution is -0.116. The summed E-state index contributed by atoms with van der Waals surface area (Å²) < 4.78 is 1.56. The number of aryl methyl sites for hydroxylation is 1. The van der Waals surface area contributed by atoms with Crippen molar-refractivity contribution in [1.82, 2.24) is 9.78 Å². The normalized spacial score (nSPS) is 14.9. The van der Waals surface area contributed by atoms with Gasteiger partial charge in [-0.2, -0.15) is 5.10 Å². The molecule has 2 amide bonds. The van der Waals surface area contributed by atoms with Crippen LogP contribution in [-0.4, -0.2) is 21.6 Å². The number of hydrogen-bond donors (Lipinski definition) is 2. The zero-order valence-corrected chi connectivity index (χ0v) is 6.78. The van der Waals surface area contributed by atoms with Crippen molar-refractivity contribution < 1.29 is 9.59 Å². The molecule has 0 radical (unpaired) electrons. The first-order chi connectivity index (χ1) is 6.18. The van der Waals surface area contributed by atoms with Gasteiger partial charge in [-0.3, -0.25) is 9.59 Å². The van der Waals surface area contributed by atoms with E-state index in [9.17, 15) is 9.59 Å². The van der Waals surface area contributed by atoms with Crippen molar-refractivity contribution in [2.75, 3.05) is 5.32 Å². The second-order valence-electron chi connectivity index (χ2n) is 2.79. The van der Waals surface area contributed by atoms with E-state index < -0.39 is 5.91 Å². The molecule has 1 aromatic rings. The number of nitrogens with one attached hydrogen (secondary N) is 1. The van der Waals surface area contributed by atoms with Crippen LogP contribution >= 0.6 is 0 Å². The number of primary amides is 1.